The quantitative estimate of drug-likeness (QED) is 0.898. The molecule has 0 unspecified atom stereocenters. The Morgan fingerprint density at radius 2 is 2.00 bits per heavy atom. The number of nitrogens with zero attached hydrogens (tertiary/aromatic N) is 1. The number of hydrogen-bond acceptors (Lipinski definition) is 2. The van der Waals surface area contributed by atoms with Crippen molar-refractivity contribution in [2.45, 2.75) is 6.42 Å². The minimum atomic E-state index is -0.425. The van der Waals surface area contributed by atoms with Gasteiger partial charge in [-0.2, -0.15) is 0 Å². The van der Waals surface area contributed by atoms with E-state index in [-0.39, 0.29) is 5.82 Å². The van der Waals surface area contributed by atoms with Gasteiger partial charge >= 0.3 is 0 Å². The molecule has 2 aromatic rings. The second-order valence-electron chi connectivity index (χ2n) is 3.65. The van der Waals surface area contributed by atoms with Gasteiger partial charge in [-0.15, -0.1) is 0 Å². The first kappa shape index (κ1) is 11.9. The maximum absolute atomic E-state index is 13.4. The molecule has 0 radical (unpaired) electrons. The number of halogens is 2. The Balaban J connectivity index is 1.90. The molecule has 0 bridgehead atoms. The highest BCUT2D eigenvalue weighted by atomic mass is 35.5. The summed E-state index contributed by atoms with van der Waals surface area (Å²) in [7, 11) is 0. The van der Waals surface area contributed by atoms with Crippen LogP contribution in [0.15, 0.2) is 42.6 Å². The fraction of sp³-hybridized carbons (Fsp3) is 0.154. The van der Waals surface area contributed by atoms with Crippen molar-refractivity contribution in [1.29, 1.82) is 0 Å². The van der Waals surface area contributed by atoms with Gasteiger partial charge < -0.3 is 5.32 Å². The molecule has 0 saturated carbocycles. The van der Waals surface area contributed by atoms with Gasteiger partial charge in [-0.1, -0.05) is 41.9 Å². The standard InChI is InChI=1S/C13H12ClFN2/c14-11-8-12(15)13(17-9-11)16-7-6-10-4-2-1-3-5-10/h1-5,8-9H,6-7H2,(H,16,17). The van der Waals surface area contributed by atoms with Crippen molar-refractivity contribution >= 4 is 17.4 Å². The zero-order valence-corrected chi connectivity index (χ0v) is 9.91. The lowest BCUT2D eigenvalue weighted by molar-refractivity contribution is 0.624. The molecule has 0 aliphatic rings. The average molecular weight is 251 g/mol. The highest BCUT2D eigenvalue weighted by Gasteiger charge is 2.03. The van der Waals surface area contributed by atoms with Crippen LogP contribution in [0.5, 0.6) is 0 Å². The van der Waals surface area contributed by atoms with Crippen molar-refractivity contribution in [3.05, 3.63) is 59.0 Å². The summed E-state index contributed by atoms with van der Waals surface area (Å²) in [5.74, 6) is -0.184. The van der Waals surface area contributed by atoms with Crippen molar-refractivity contribution in [2.75, 3.05) is 11.9 Å². The first-order valence-corrected chi connectivity index (χ1v) is 5.72. The Bertz CT molecular complexity index is 488. The number of benzene rings is 1. The van der Waals surface area contributed by atoms with E-state index in [0.29, 0.717) is 11.6 Å². The van der Waals surface area contributed by atoms with Gasteiger partial charge in [0.25, 0.3) is 0 Å². The highest BCUT2D eigenvalue weighted by molar-refractivity contribution is 6.30. The Hall–Kier alpha value is -1.61. The van der Waals surface area contributed by atoms with Gasteiger partial charge in [0.05, 0.1) is 5.02 Å². The summed E-state index contributed by atoms with van der Waals surface area (Å²) >= 11 is 5.62. The molecule has 4 heteroatoms. The van der Waals surface area contributed by atoms with E-state index in [4.69, 9.17) is 11.6 Å². The van der Waals surface area contributed by atoms with Gasteiger partial charge in [-0.3, -0.25) is 0 Å². The highest BCUT2D eigenvalue weighted by Crippen LogP contribution is 2.15. The molecule has 0 amide bonds. The van der Waals surface area contributed by atoms with Crippen LogP contribution in [0.25, 0.3) is 0 Å². The van der Waals surface area contributed by atoms with Crippen molar-refractivity contribution in [3.63, 3.8) is 0 Å². The van der Waals surface area contributed by atoms with Crippen LogP contribution in [-0.4, -0.2) is 11.5 Å². The van der Waals surface area contributed by atoms with E-state index in [1.54, 1.807) is 0 Å². The second kappa shape index (κ2) is 5.64. The summed E-state index contributed by atoms with van der Waals surface area (Å²) in [6.07, 6.45) is 2.25. The van der Waals surface area contributed by atoms with Gasteiger partial charge in [0.2, 0.25) is 0 Å². The van der Waals surface area contributed by atoms with Gasteiger partial charge in [0.15, 0.2) is 11.6 Å². The van der Waals surface area contributed by atoms with Crippen molar-refractivity contribution < 1.29 is 4.39 Å². The lowest BCUT2D eigenvalue weighted by Crippen LogP contribution is -2.07. The van der Waals surface area contributed by atoms with Crippen LogP contribution in [0.4, 0.5) is 10.2 Å². The average Bonchev–Trinajstić information content (AvgIpc) is 2.33. The number of anilines is 1. The van der Waals surface area contributed by atoms with Crippen LogP contribution < -0.4 is 5.32 Å². The molecule has 1 heterocycles. The molecule has 0 aliphatic heterocycles. The topological polar surface area (TPSA) is 24.9 Å². The predicted molar refractivity (Wildman–Crippen MR) is 67.8 cm³/mol. The Morgan fingerprint density at radius 1 is 1.24 bits per heavy atom. The Morgan fingerprint density at radius 3 is 2.71 bits per heavy atom. The normalized spacial score (nSPS) is 10.2. The van der Waals surface area contributed by atoms with E-state index in [1.165, 1.54) is 17.8 Å². The molecule has 0 spiro atoms. The lowest BCUT2D eigenvalue weighted by Gasteiger charge is -2.06. The largest absolute Gasteiger partial charge is 0.367 e. The van der Waals surface area contributed by atoms with Crippen LogP contribution in [0.3, 0.4) is 0 Å². The van der Waals surface area contributed by atoms with Gasteiger partial charge in [-0.25, -0.2) is 9.37 Å². The SMILES string of the molecule is Fc1cc(Cl)cnc1NCCc1ccccc1. The summed E-state index contributed by atoms with van der Waals surface area (Å²) < 4.78 is 13.4. The number of pyridine rings is 1. The maximum atomic E-state index is 13.4. The molecule has 0 aliphatic carbocycles. The fourth-order valence-electron chi connectivity index (χ4n) is 1.51. The molecule has 0 atom stereocenters. The third-order valence-corrected chi connectivity index (χ3v) is 2.56. The third-order valence-electron chi connectivity index (χ3n) is 2.36. The van der Waals surface area contributed by atoms with Crippen molar-refractivity contribution in [1.82, 2.24) is 4.98 Å². The number of rotatable bonds is 4. The van der Waals surface area contributed by atoms with Crippen molar-refractivity contribution in [3.8, 4) is 0 Å². The number of hydrogen-bond donors (Lipinski definition) is 1. The third kappa shape index (κ3) is 3.43. The first-order valence-electron chi connectivity index (χ1n) is 5.34. The lowest BCUT2D eigenvalue weighted by atomic mass is 10.1. The number of aromatic nitrogens is 1. The molecule has 88 valence electrons. The molecule has 17 heavy (non-hydrogen) atoms. The summed E-state index contributed by atoms with van der Waals surface area (Å²) in [6, 6.07) is 11.3. The van der Waals surface area contributed by atoms with E-state index < -0.39 is 5.82 Å². The minimum Gasteiger partial charge on any atom is -0.367 e. The zero-order valence-electron chi connectivity index (χ0n) is 9.16. The van der Waals surface area contributed by atoms with Crippen LogP contribution in [0.1, 0.15) is 5.56 Å². The summed E-state index contributed by atoms with van der Waals surface area (Å²) in [5.41, 5.74) is 1.20. The Labute approximate surface area is 104 Å². The van der Waals surface area contributed by atoms with E-state index >= 15 is 0 Å². The predicted octanol–water partition coefficient (Wildman–Crippen LogP) is 3.53. The van der Waals surface area contributed by atoms with Crippen LogP contribution in [0, 0.1) is 5.82 Å². The molecule has 2 nitrogen and oxygen atoms in total. The second-order valence-corrected chi connectivity index (χ2v) is 4.08. The van der Waals surface area contributed by atoms with Gasteiger partial charge in [0.1, 0.15) is 0 Å². The van der Waals surface area contributed by atoms with Gasteiger partial charge in [0, 0.05) is 12.7 Å². The van der Waals surface area contributed by atoms with E-state index in [9.17, 15) is 4.39 Å². The fourth-order valence-corrected chi connectivity index (χ4v) is 1.66. The zero-order chi connectivity index (χ0) is 12.1. The minimum absolute atomic E-state index is 0.241. The molecule has 0 saturated heterocycles. The number of nitrogens with one attached hydrogen (secondary N) is 1. The molecule has 0 fully saturated rings. The smallest absolute Gasteiger partial charge is 0.166 e. The first-order chi connectivity index (χ1) is 8.25. The monoisotopic (exact) mass is 250 g/mol. The summed E-state index contributed by atoms with van der Waals surface area (Å²) in [6.45, 7) is 0.634. The van der Waals surface area contributed by atoms with E-state index in [0.717, 1.165) is 6.42 Å². The van der Waals surface area contributed by atoms with Gasteiger partial charge in [-0.05, 0) is 18.1 Å². The summed E-state index contributed by atoms with van der Waals surface area (Å²) in [4.78, 5) is 3.89. The Kier molecular flexibility index (Phi) is 3.94. The van der Waals surface area contributed by atoms with E-state index in [1.807, 2.05) is 30.3 Å². The molecule has 1 aromatic carbocycles. The van der Waals surface area contributed by atoms with Crippen molar-refractivity contribution in [2.24, 2.45) is 0 Å². The summed E-state index contributed by atoms with van der Waals surface area (Å²) in [5, 5.41) is 3.25. The van der Waals surface area contributed by atoms with Crippen LogP contribution >= 0.6 is 11.6 Å². The van der Waals surface area contributed by atoms with Crippen LogP contribution in [0.2, 0.25) is 5.02 Å². The molecule has 1 aromatic heterocycles. The van der Waals surface area contributed by atoms with Crippen LogP contribution in [-0.2, 0) is 6.42 Å². The molecular weight excluding hydrogens is 239 g/mol. The molecular formula is C13H12ClFN2. The van der Waals surface area contributed by atoms with E-state index in [2.05, 4.69) is 10.3 Å². The molecule has 2 rings (SSSR count). The maximum Gasteiger partial charge on any atom is 0.166 e. The molecule has 1 N–H and O–H groups in total.